The second-order valence-corrected chi connectivity index (χ2v) is 6.68. The Balaban J connectivity index is 1.85. The third kappa shape index (κ3) is 3.18. The highest BCUT2D eigenvalue weighted by atomic mass is 19.1. The molecule has 0 radical (unpaired) electrons. The van der Waals surface area contributed by atoms with Gasteiger partial charge in [-0.05, 0) is 38.1 Å². The van der Waals surface area contributed by atoms with Gasteiger partial charge in [0.05, 0.1) is 28.3 Å². The first-order chi connectivity index (χ1) is 14.5. The van der Waals surface area contributed by atoms with E-state index >= 15 is 0 Å². The quantitative estimate of drug-likeness (QED) is 0.523. The van der Waals surface area contributed by atoms with Crippen LogP contribution in [0.5, 0.6) is 0 Å². The van der Waals surface area contributed by atoms with Crippen molar-refractivity contribution in [1.82, 2.24) is 24.5 Å². The van der Waals surface area contributed by atoms with E-state index in [9.17, 15) is 9.65 Å². The molecule has 0 saturated carbocycles. The molecule has 150 valence electrons. The SMILES string of the molecule is CCn1c([C@H](C)Nc2ncnc(N)c2C#N)nc2ccc(F)c(-c3ccccn3)c21. The van der Waals surface area contributed by atoms with E-state index in [4.69, 9.17) is 10.7 Å². The predicted molar refractivity (Wildman–Crippen MR) is 112 cm³/mol. The van der Waals surface area contributed by atoms with E-state index in [0.717, 1.165) is 0 Å². The van der Waals surface area contributed by atoms with Gasteiger partial charge >= 0.3 is 0 Å². The van der Waals surface area contributed by atoms with Crippen LogP contribution >= 0.6 is 0 Å². The largest absolute Gasteiger partial charge is 0.382 e. The summed E-state index contributed by atoms with van der Waals surface area (Å²) in [5.74, 6) is 0.740. The molecule has 30 heavy (non-hydrogen) atoms. The Morgan fingerprint density at radius 1 is 1.23 bits per heavy atom. The molecule has 0 amide bonds. The zero-order valence-electron chi connectivity index (χ0n) is 16.5. The molecule has 1 aromatic carbocycles. The smallest absolute Gasteiger partial charge is 0.150 e. The number of anilines is 2. The van der Waals surface area contributed by atoms with E-state index in [2.05, 4.69) is 20.3 Å². The summed E-state index contributed by atoms with van der Waals surface area (Å²) < 4.78 is 16.8. The lowest BCUT2D eigenvalue weighted by Crippen LogP contribution is -2.16. The van der Waals surface area contributed by atoms with Crippen LogP contribution in [0, 0.1) is 17.1 Å². The number of nitriles is 1. The number of nitrogens with one attached hydrogen (secondary N) is 1. The molecule has 8 nitrogen and oxygen atoms in total. The number of nitrogen functional groups attached to an aromatic ring is 1. The van der Waals surface area contributed by atoms with Crippen LogP contribution < -0.4 is 11.1 Å². The van der Waals surface area contributed by atoms with Crippen molar-refractivity contribution in [3.05, 3.63) is 60.1 Å². The first-order valence-corrected chi connectivity index (χ1v) is 9.42. The van der Waals surface area contributed by atoms with Crippen molar-refractivity contribution >= 4 is 22.7 Å². The average molecular weight is 402 g/mol. The van der Waals surface area contributed by atoms with E-state index in [1.54, 1.807) is 24.4 Å². The second kappa shape index (κ2) is 7.75. The Bertz CT molecular complexity index is 1260. The summed E-state index contributed by atoms with van der Waals surface area (Å²) in [6.07, 6.45) is 2.93. The van der Waals surface area contributed by atoms with Crippen LogP contribution in [0.15, 0.2) is 42.9 Å². The van der Waals surface area contributed by atoms with Gasteiger partial charge in [0.1, 0.15) is 41.2 Å². The van der Waals surface area contributed by atoms with Crippen molar-refractivity contribution in [2.45, 2.75) is 26.4 Å². The third-order valence-corrected chi connectivity index (χ3v) is 4.85. The number of imidazole rings is 1. The van der Waals surface area contributed by atoms with Gasteiger partial charge in [0.2, 0.25) is 0 Å². The number of fused-ring (bicyclic) bond motifs is 1. The predicted octanol–water partition coefficient (Wildman–Crippen LogP) is 3.67. The van der Waals surface area contributed by atoms with Crippen LogP contribution in [0.25, 0.3) is 22.3 Å². The number of aryl methyl sites for hydroxylation is 1. The molecule has 3 heterocycles. The molecule has 4 aromatic rings. The molecule has 1 atom stereocenters. The van der Waals surface area contributed by atoms with Crippen molar-refractivity contribution in [3.63, 3.8) is 0 Å². The maximum atomic E-state index is 14.9. The fourth-order valence-electron chi connectivity index (χ4n) is 3.51. The van der Waals surface area contributed by atoms with Crippen LogP contribution in [-0.4, -0.2) is 24.5 Å². The number of halogens is 1. The Morgan fingerprint density at radius 2 is 2.07 bits per heavy atom. The normalized spacial score (nSPS) is 11.9. The van der Waals surface area contributed by atoms with Gasteiger partial charge in [-0.15, -0.1) is 0 Å². The Morgan fingerprint density at radius 3 is 2.77 bits per heavy atom. The summed E-state index contributed by atoms with van der Waals surface area (Å²) in [5.41, 5.74) is 8.23. The topological polar surface area (TPSA) is 118 Å². The third-order valence-electron chi connectivity index (χ3n) is 4.85. The number of benzene rings is 1. The van der Waals surface area contributed by atoms with Crippen LogP contribution in [0.4, 0.5) is 16.0 Å². The number of hydrogen-bond acceptors (Lipinski definition) is 7. The summed E-state index contributed by atoms with van der Waals surface area (Å²) in [7, 11) is 0. The number of nitrogens with two attached hydrogens (primary N) is 1. The van der Waals surface area contributed by atoms with Crippen LogP contribution in [0.3, 0.4) is 0 Å². The number of pyridine rings is 1. The molecule has 0 unspecified atom stereocenters. The van der Waals surface area contributed by atoms with Crippen molar-refractivity contribution in [1.29, 1.82) is 5.26 Å². The van der Waals surface area contributed by atoms with Crippen LogP contribution in [0.2, 0.25) is 0 Å². The molecule has 0 aliphatic rings. The molecule has 4 rings (SSSR count). The highest BCUT2D eigenvalue weighted by molar-refractivity contribution is 5.92. The molecule has 0 saturated heterocycles. The highest BCUT2D eigenvalue weighted by Gasteiger charge is 2.22. The van der Waals surface area contributed by atoms with Gasteiger partial charge < -0.3 is 15.6 Å². The van der Waals surface area contributed by atoms with E-state index in [-0.39, 0.29) is 23.2 Å². The van der Waals surface area contributed by atoms with Gasteiger partial charge in [-0.3, -0.25) is 4.98 Å². The molecule has 3 aromatic heterocycles. The molecule has 9 heteroatoms. The molecule has 3 N–H and O–H groups in total. The molecular formula is C21H19FN8. The van der Waals surface area contributed by atoms with Gasteiger partial charge in [-0.25, -0.2) is 19.3 Å². The van der Waals surface area contributed by atoms with E-state index in [1.807, 2.05) is 30.6 Å². The van der Waals surface area contributed by atoms with Crippen LogP contribution in [0.1, 0.15) is 31.3 Å². The zero-order chi connectivity index (χ0) is 21.3. The Hall–Kier alpha value is -4.06. The van der Waals surface area contributed by atoms with Crippen molar-refractivity contribution in [3.8, 4) is 17.3 Å². The number of nitrogens with zero attached hydrogens (tertiary/aromatic N) is 6. The maximum absolute atomic E-state index is 14.9. The molecule has 0 fully saturated rings. The van der Waals surface area contributed by atoms with E-state index < -0.39 is 0 Å². The summed E-state index contributed by atoms with van der Waals surface area (Å²) in [6, 6.07) is 10.1. The minimum absolute atomic E-state index is 0.103. The minimum atomic E-state index is -0.363. The van der Waals surface area contributed by atoms with Crippen molar-refractivity contribution < 1.29 is 4.39 Å². The second-order valence-electron chi connectivity index (χ2n) is 6.68. The number of hydrogen-bond donors (Lipinski definition) is 2. The first kappa shape index (κ1) is 19.3. The Kier molecular flexibility index (Phi) is 4.98. The van der Waals surface area contributed by atoms with Crippen LogP contribution in [-0.2, 0) is 6.54 Å². The van der Waals surface area contributed by atoms with Gasteiger partial charge in [0.15, 0.2) is 0 Å². The van der Waals surface area contributed by atoms with Crippen molar-refractivity contribution in [2.75, 3.05) is 11.1 Å². The lowest BCUT2D eigenvalue weighted by atomic mass is 10.1. The zero-order valence-corrected chi connectivity index (χ0v) is 16.5. The minimum Gasteiger partial charge on any atom is -0.382 e. The average Bonchev–Trinajstić information content (AvgIpc) is 3.13. The molecule has 0 aliphatic carbocycles. The standard InChI is InChI=1S/C21H19FN8/c1-3-30-18-16(8-7-14(22)17(18)15-6-4-5-9-25-15)29-21(30)12(2)28-20-13(10-23)19(24)26-11-27-20/h4-9,11-12H,3H2,1-2H3,(H3,24,26,27,28)/t12-/m0/s1. The molecule has 0 bridgehead atoms. The van der Waals surface area contributed by atoms with Gasteiger partial charge in [0.25, 0.3) is 0 Å². The molecule has 0 aliphatic heterocycles. The summed E-state index contributed by atoms with van der Waals surface area (Å²) >= 11 is 0. The fourth-order valence-corrected chi connectivity index (χ4v) is 3.51. The monoisotopic (exact) mass is 402 g/mol. The lowest BCUT2D eigenvalue weighted by molar-refractivity contribution is 0.629. The van der Waals surface area contributed by atoms with Crippen molar-refractivity contribution in [2.24, 2.45) is 0 Å². The van der Waals surface area contributed by atoms with Gasteiger partial charge in [0, 0.05) is 12.7 Å². The van der Waals surface area contributed by atoms with E-state index in [1.165, 1.54) is 12.4 Å². The lowest BCUT2D eigenvalue weighted by Gasteiger charge is -2.17. The summed E-state index contributed by atoms with van der Waals surface area (Å²) in [6.45, 7) is 4.43. The van der Waals surface area contributed by atoms with Gasteiger partial charge in [-0.2, -0.15) is 5.26 Å². The fraction of sp³-hybridized carbons (Fsp3) is 0.190. The highest BCUT2D eigenvalue weighted by Crippen LogP contribution is 2.33. The summed E-state index contributed by atoms with van der Waals surface area (Å²) in [4.78, 5) is 17.0. The summed E-state index contributed by atoms with van der Waals surface area (Å²) in [5, 5.41) is 12.6. The molecule has 0 spiro atoms. The van der Waals surface area contributed by atoms with Gasteiger partial charge in [-0.1, -0.05) is 6.07 Å². The number of aromatic nitrogens is 5. The first-order valence-electron chi connectivity index (χ1n) is 9.42. The maximum Gasteiger partial charge on any atom is 0.150 e. The Labute approximate surface area is 172 Å². The van der Waals surface area contributed by atoms with E-state index in [0.29, 0.717) is 40.5 Å². The molecular weight excluding hydrogens is 383 g/mol. The number of rotatable bonds is 5.